The molecule has 3 heteroatoms. The first-order valence-electron chi connectivity index (χ1n) is 4.26. The molecule has 0 aromatic carbocycles. The molecule has 0 saturated carbocycles. The molecule has 0 radical (unpaired) electrons. The minimum Gasteiger partial charge on any atom is -0.302 e. The third-order valence-corrected chi connectivity index (χ3v) is 1.79. The zero-order valence-electron chi connectivity index (χ0n) is 7.24. The van der Waals surface area contributed by atoms with E-state index in [0.29, 0.717) is 0 Å². The van der Waals surface area contributed by atoms with E-state index in [4.69, 9.17) is 16.4 Å². The summed E-state index contributed by atoms with van der Waals surface area (Å²) < 4.78 is 0. The standard InChI is InChI=1S/C8H18ClNO/c1-10-11-8-6-4-2-3-5-7-9/h10H,2-8H2,1H3. The lowest BCUT2D eigenvalue weighted by Gasteiger charge is -2.00. The molecule has 0 aromatic rings. The second kappa shape index (κ2) is 10.2. The lowest BCUT2D eigenvalue weighted by molar-refractivity contribution is 0.0550. The Morgan fingerprint density at radius 3 is 2.36 bits per heavy atom. The first-order chi connectivity index (χ1) is 5.41. The Morgan fingerprint density at radius 2 is 1.73 bits per heavy atom. The van der Waals surface area contributed by atoms with Gasteiger partial charge in [0.1, 0.15) is 0 Å². The minimum atomic E-state index is 0.799. The summed E-state index contributed by atoms with van der Waals surface area (Å²) in [5, 5.41) is 0. The van der Waals surface area contributed by atoms with Gasteiger partial charge in [0.15, 0.2) is 0 Å². The molecule has 68 valence electrons. The predicted molar refractivity (Wildman–Crippen MR) is 48.8 cm³/mol. The van der Waals surface area contributed by atoms with Gasteiger partial charge in [-0.05, 0) is 12.8 Å². The van der Waals surface area contributed by atoms with Crippen molar-refractivity contribution in [3.63, 3.8) is 0 Å². The molecule has 1 N–H and O–H groups in total. The number of alkyl halides is 1. The van der Waals surface area contributed by atoms with Crippen molar-refractivity contribution in [2.24, 2.45) is 0 Å². The summed E-state index contributed by atoms with van der Waals surface area (Å²) in [6, 6.07) is 0. The van der Waals surface area contributed by atoms with Crippen molar-refractivity contribution >= 4 is 11.6 Å². The van der Waals surface area contributed by atoms with E-state index in [9.17, 15) is 0 Å². The Morgan fingerprint density at radius 1 is 1.09 bits per heavy atom. The molecule has 0 aromatic heterocycles. The molecule has 0 spiro atoms. The van der Waals surface area contributed by atoms with E-state index in [1.165, 1.54) is 19.3 Å². The molecule has 0 saturated heterocycles. The lowest BCUT2D eigenvalue weighted by Crippen LogP contribution is -2.07. The Kier molecular flexibility index (Phi) is 10.4. The number of hydroxylamine groups is 1. The highest BCUT2D eigenvalue weighted by Gasteiger charge is 1.89. The molecule has 0 heterocycles. The van der Waals surface area contributed by atoms with Gasteiger partial charge in [0.05, 0.1) is 6.61 Å². The second-order valence-corrected chi connectivity index (χ2v) is 2.89. The van der Waals surface area contributed by atoms with Crippen LogP contribution in [0, 0.1) is 0 Å². The normalized spacial score (nSPS) is 10.4. The maximum atomic E-state index is 5.53. The van der Waals surface area contributed by atoms with Gasteiger partial charge in [0.2, 0.25) is 0 Å². The molecule has 0 rings (SSSR count). The molecule has 0 unspecified atom stereocenters. The summed E-state index contributed by atoms with van der Waals surface area (Å²) in [6.07, 6.45) is 6.07. The van der Waals surface area contributed by atoms with Crippen molar-refractivity contribution in [2.75, 3.05) is 19.5 Å². The van der Waals surface area contributed by atoms with E-state index in [1.807, 2.05) is 0 Å². The van der Waals surface area contributed by atoms with Crippen LogP contribution in [0.25, 0.3) is 0 Å². The third-order valence-electron chi connectivity index (χ3n) is 1.52. The number of hydrogen-bond acceptors (Lipinski definition) is 2. The summed E-state index contributed by atoms with van der Waals surface area (Å²) in [6.45, 7) is 0.817. The quantitative estimate of drug-likeness (QED) is 0.351. The van der Waals surface area contributed by atoms with Crippen LogP contribution < -0.4 is 5.48 Å². The van der Waals surface area contributed by atoms with E-state index < -0.39 is 0 Å². The Hall–Kier alpha value is 0.210. The van der Waals surface area contributed by atoms with Crippen molar-refractivity contribution in [3.8, 4) is 0 Å². The predicted octanol–water partition coefficient (Wildman–Crippen LogP) is 2.33. The van der Waals surface area contributed by atoms with Gasteiger partial charge >= 0.3 is 0 Å². The first kappa shape index (κ1) is 11.2. The van der Waals surface area contributed by atoms with E-state index in [2.05, 4.69) is 5.48 Å². The van der Waals surface area contributed by atoms with Crippen molar-refractivity contribution in [1.82, 2.24) is 5.48 Å². The number of rotatable bonds is 8. The summed E-state index contributed by atoms with van der Waals surface area (Å²) in [7, 11) is 1.79. The molecule has 0 aliphatic carbocycles. The summed E-state index contributed by atoms with van der Waals surface area (Å²) in [5.74, 6) is 0.799. The maximum absolute atomic E-state index is 5.53. The van der Waals surface area contributed by atoms with Crippen molar-refractivity contribution < 1.29 is 4.84 Å². The molecule has 0 bridgehead atoms. The molecule has 0 atom stereocenters. The Bertz CT molecular complexity index is 63.1. The van der Waals surface area contributed by atoms with Crippen LogP contribution in [0.15, 0.2) is 0 Å². The summed E-state index contributed by atoms with van der Waals surface area (Å²) in [5.41, 5.74) is 2.65. The molecule has 0 aliphatic heterocycles. The lowest BCUT2D eigenvalue weighted by atomic mass is 10.2. The Labute approximate surface area is 74.2 Å². The average molecular weight is 180 g/mol. The van der Waals surface area contributed by atoms with E-state index in [-0.39, 0.29) is 0 Å². The molecular weight excluding hydrogens is 162 g/mol. The fourth-order valence-electron chi connectivity index (χ4n) is 0.901. The van der Waals surface area contributed by atoms with Gasteiger partial charge in [-0.3, -0.25) is 0 Å². The summed E-state index contributed by atoms with van der Waals surface area (Å²) in [4.78, 5) is 4.96. The van der Waals surface area contributed by atoms with E-state index >= 15 is 0 Å². The number of nitrogens with one attached hydrogen (secondary N) is 1. The van der Waals surface area contributed by atoms with Crippen LogP contribution in [-0.4, -0.2) is 19.5 Å². The highest BCUT2D eigenvalue weighted by Crippen LogP contribution is 2.03. The molecule has 0 fully saturated rings. The smallest absolute Gasteiger partial charge is 0.0682 e. The molecule has 2 nitrogen and oxygen atoms in total. The minimum absolute atomic E-state index is 0.799. The van der Waals surface area contributed by atoms with Crippen LogP contribution in [0.1, 0.15) is 32.1 Å². The van der Waals surface area contributed by atoms with E-state index in [1.54, 1.807) is 7.05 Å². The maximum Gasteiger partial charge on any atom is 0.0682 e. The first-order valence-corrected chi connectivity index (χ1v) is 4.79. The summed E-state index contributed by atoms with van der Waals surface area (Å²) >= 11 is 5.53. The SMILES string of the molecule is CNOCCCCCCCCl. The third kappa shape index (κ3) is 10.2. The molecule has 0 amide bonds. The van der Waals surface area contributed by atoms with Gasteiger partial charge in [-0.1, -0.05) is 19.3 Å². The zero-order valence-corrected chi connectivity index (χ0v) is 7.99. The second-order valence-electron chi connectivity index (χ2n) is 2.51. The van der Waals surface area contributed by atoms with Gasteiger partial charge in [0.25, 0.3) is 0 Å². The number of halogens is 1. The van der Waals surface area contributed by atoms with Crippen molar-refractivity contribution in [2.45, 2.75) is 32.1 Å². The van der Waals surface area contributed by atoms with Crippen LogP contribution in [-0.2, 0) is 4.84 Å². The monoisotopic (exact) mass is 179 g/mol. The largest absolute Gasteiger partial charge is 0.302 e. The van der Waals surface area contributed by atoms with Gasteiger partial charge in [-0.15, -0.1) is 11.6 Å². The fraction of sp³-hybridized carbons (Fsp3) is 1.00. The van der Waals surface area contributed by atoms with E-state index in [0.717, 1.165) is 25.3 Å². The van der Waals surface area contributed by atoms with Crippen LogP contribution in [0.5, 0.6) is 0 Å². The number of hydrogen-bond donors (Lipinski definition) is 1. The zero-order chi connectivity index (χ0) is 8.36. The van der Waals surface area contributed by atoms with Crippen LogP contribution >= 0.6 is 11.6 Å². The highest BCUT2D eigenvalue weighted by molar-refractivity contribution is 6.17. The topological polar surface area (TPSA) is 21.3 Å². The van der Waals surface area contributed by atoms with Crippen LogP contribution in [0.4, 0.5) is 0 Å². The van der Waals surface area contributed by atoms with Gasteiger partial charge in [0, 0.05) is 12.9 Å². The van der Waals surface area contributed by atoms with Gasteiger partial charge in [-0.25, -0.2) is 5.48 Å². The molecule has 0 aliphatic rings. The van der Waals surface area contributed by atoms with Crippen molar-refractivity contribution in [3.05, 3.63) is 0 Å². The molecular formula is C8H18ClNO. The fourth-order valence-corrected chi connectivity index (χ4v) is 1.09. The average Bonchev–Trinajstić information content (AvgIpc) is 2.03. The highest BCUT2D eigenvalue weighted by atomic mass is 35.5. The number of unbranched alkanes of at least 4 members (excludes halogenated alkanes) is 4. The van der Waals surface area contributed by atoms with Crippen molar-refractivity contribution in [1.29, 1.82) is 0 Å². The van der Waals surface area contributed by atoms with Gasteiger partial charge < -0.3 is 4.84 Å². The van der Waals surface area contributed by atoms with Crippen LogP contribution in [0.2, 0.25) is 0 Å². The van der Waals surface area contributed by atoms with Gasteiger partial charge in [-0.2, -0.15) is 0 Å². The Balaban J connectivity index is 2.69. The molecule has 11 heavy (non-hydrogen) atoms. The van der Waals surface area contributed by atoms with Crippen LogP contribution in [0.3, 0.4) is 0 Å².